The van der Waals surface area contributed by atoms with Crippen molar-refractivity contribution in [1.29, 1.82) is 0 Å². The molecule has 1 aliphatic carbocycles. The standard InChI is InChI=1S/C22H26F3N3O2S.C4H4N2O2/c1-27(11-17-6-3-7-31-17)21(29)14-28-12-19-18(20(19)13-28)10-26-9-15-4-2-5-16(8-15)30-22(23,24)25;7-4(8)3-1-5-2-6-3/h2-8,18-20,26H,9-14H2,1H3;1-2H,(H,5,6)(H,7,8). The molecular weight excluding hydrogens is 535 g/mol. The van der Waals surface area contributed by atoms with Gasteiger partial charge < -0.3 is 25.0 Å². The van der Waals surface area contributed by atoms with Gasteiger partial charge in [0.25, 0.3) is 0 Å². The number of likely N-dealkylation sites (tertiary alicyclic amines) is 1. The number of aromatic nitrogens is 2. The van der Waals surface area contributed by atoms with Crippen LogP contribution in [0, 0.1) is 17.8 Å². The molecule has 0 radical (unpaired) electrons. The zero-order valence-electron chi connectivity index (χ0n) is 21.2. The molecule has 210 valence electrons. The number of imidazole rings is 1. The summed E-state index contributed by atoms with van der Waals surface area (Å²) < 4.78 is 41.0. The van der Waals surface area contributed by atoms with E-state index in [1.807, 2.05) is 24.6 Å². The Hall–Kier alpha value is -3.42. The van der Waals surface area contributed by atoms with Gasteiger partial charge in [0.1, 0.15) is 11.4 Å². The number of benzene rings is 1. The van der Waals surface area contributed by atoms with E-state index in [1.165, 1.54) is 29.5 Å². The van der Waals surface area contributed by atoms with Gasteiger partial charge in [-0.1, -0.05) is 18.2 Å². The number of hydrogen-bond acceptors (Lipinski definition) is 7. The fraction of sp³-hybridized carbons (Fsp3) is 0.423. The number of hydrogen-bond donors (Lipinski definition) is 3. The lowest BCUT2D eigenvalue weighted by molar-refractivity contribution is -0.274. The summed E-state index contributed by atoms with van der Waals surface area (Å²) in [5, 5.41) is 13.6. The van der Waals surface area contributed by atoms with E-state index in [1.54, 1.807) is 28.4 Å². The smallest absolute Gasteiger partial charge is 0.477 e. The monoisotopic (exact) mass is 565 g/mol. The topological polar surface area (TPSA) is 111 Å². The summed E-state index contributed by atoms with van der Waals surface area (Å²) in [6.45, 7) is 4.31. The van der Waals surface area contributed by atoms with Gasteiger partial charge in [-0.2, -0.15) is 0 Å². The largest absolute Gasteiger partial charge is 0.573 e. The average molecular weight is 566 g/mol. The number of likely N-dealkylation sites (N-methyl/N-ethyl adjacent to an activating group) is 1. The van der Waals surface area contributed by atoms with Crippen molar-refractivity contribution in [2.24, 2.45) is 17.8 Å². The maximum Gasteiger partial charge on any atom is 0.573 e. The Balaban J connectivity index is 0.000000379. The molecule has 5 rings (SSSR count). The highest BCUT2D eigenvalue weighted by Crippen LogP contribution is 2.51. The molecule has 1 aliphatic heterocycles. The number of aromatic carboxylic acids is 1. The van der Waals surface area contributed by atoms with E-state index in [4.69, 9.17) is 5.11 Å². The number of nitrogens with one attached hydrogen (secondary N) is 2. The summed E-state index contributed by atoms with van der Waals surface area (Å²) in [5.41, 5.74) is 0.874. The number of aromatic amines is 1. The van der Waals surface area contributed by atoms with Crippen LogP contribution in [0.4, 0.5) is 13.2 Å². The molecule has 1 amide bonds. The predicted octanol–water partition coefficient (Wildman–Crippen LogP) is 3.68. The number of amides is 1. The Morgan fingerprint density at radius 3 is 2.62 bits per heavy atom. The van der Waals surface area contributed by atoms with Gasteiger partial charge in [0.15, 0.2) is 0 Å². The van der Waals surface area contributed by atoms with Gasteiger partial charge in [-0.3, -0.25) is 9.69 Å². The third-order valence-corrected chi connectivity index (χ3v) is 7.64. The zero-order chi connectivity index (χ0) is 28.0. The van der Waals surface area contributed by atoms with Crippen LogP contribution in [0.25, 0.3) is 0 Å². The molecule has 2 fully saturated rings. The van der Waals surface area contributed by atoms with E-state index in [-0.39, 0.29) is 17.4 Å². The van der Waals surface area contributed by atoms with Crippen molar-refractivity contribution in [3.05, 3.63) is 70.4 Å². The van der Waals surface area contributed by atoms with Gasteiger partial charge in [0.2, 0.25) is 5.91 Å². The normalized spacial score (nSPS) is 20.1. The summed E-state index contributed by atoms with van der Waals surface area (Å²) in [7, 11) is 1.85. The number of ether oxygens (including phenoxy) is 1. The third-order valence-electron chi connectivity index (χ3n) is 6.77. The van der Waals surface area contributed by atoms with Crippen LogP contribution in [-0.2, 0) is 17.9 Å². The number of thiophene rings is 1. The number of carboxylic acids is 1. The Kier molecular flexibility index (Phi) is 9.25. The second-order valence-electron chi connectivity index (χ2n) is 9.61. The van der Waals surface area contributed by atoms with E-state index in [9.17, 15) is 22.8 Å². The first-order chi connectivity index (χ1) is 18.6. The summed E-state index contributed by atoms with van der Waals surface area (Å²) in [4.78, 5) is 33.6. The fourth-order valence-electron chi connectivity index (χ4n) is 4.81. The molecular formula is C26H30F3N5O4S. The third kappa shape index (κ3) is 8.53. The van der Waals surface area contributed by atoms with E-state index in [2.05, 4.69) is 24.9 Å². The number of halogens is 3. The van der Waals surface area contributed by atoms with Crippen molar-refractivity contribution in [3.63, 3.8) is 0 Å². The number of piperidine rings is 1. The lowest BCUT2D eigenvalue weighted by atomic mass is 10.2. The predicted molar refractivity (Wildman–Crippen MR) is 138 cm³/mol. The van der Waals surface area contributed by atoms with Crippen molar-refractivity contribution < 1.29 is 32.6 Å². The number of fused-ring (bicyclic) bond motifs is 1. The maximum atomic E-state index is 12.5. The molecule has 9 nitrogen and oxygen atoms in total. The van der Waals surface area contributed by atoms with Gasteiger partial charge >= 0.3 is 12.3 Å². The van der Waals surface area contributed by atoms with Gasteiger partial charge in [0, 0.05) is 31.6 Å². The average Bonchev–Trinajstić information content (AvgIpc) is 3.42. The fourth-order valence-corrected chi connectivity index (χ4v) is 5.57. The molecule has 2 aliphatic rings. The molecule has 2 unspecified atom stereocenters. The molecule has 1 saturated heterocycles. The van der Waals surface area contributed by atoms with Crippen molar-refractivity contribution in [1.82, 2.24) is 25.1 Å². The molecule has 2 aromatic heterocycles. The molecule has 3 aromatic rings. The summed E-state index contributed by atoms with van der Waals surface area (Å²) in [5.74, 6) is 0.739. The molecule has 1 aromatic carbocycles. The van der Waals surface area contributed by atoms with E-state index >= 15 is 0 Å². The van der Waals surface area contributed by atoms with Gasteiger partial charge in [-0.25, -0.2) is 9.78 Å². The number of rotatable bonds is 10. The molecule has 3 heterocycles. The molecule has 0 bridgehead atoms. The quantitative estimate of drug-likeness (QED) is 0.344. The first kappa shape index (κ1) is 28.6. The lowest BCUT2D eigenvalue weighted by Crippen LogP contribution is -2.38. The number of carbonyl (C=O) groups is 2. The van der Waals surface area contributed by atoms with Gasteiger partial charge in [-0.15, -0.1) is 24.5 Å². The van der Waals surface area contributed by atoms with Gasteiger partial charge in [-0.05, 0) is 53.4 Å². The number of H-pyrrole nitrogens is 1. The first-order valence-corrected chi connectivity index (χ1v) is 13.2. The Bertz CT molecular complexity index is 1210. The Labute approximate surface area is 227 Å². The highest BCUT2D eigenvalue weighted by Gasteiger charge is 2.55. The van der Waals surface area contributed by atoms with Crippen LogP contribution < -0.4 is 10.1 Å². The molecule has 39 heavy (non-hydrogen) atoms. The molecule has 1 saturated carbocycles. The lowest BCUT2D eigenvalue weighted by Gasteiger charge is -2.23. The highest BCUT2D eigenvalue weighted by atomic mass is 32.1. The van der Waals surface area contributed by atoms with Crippen LogP contribution in [0.1, 0.15) is 20.9 Å². The van der Waals surface area contributed by atoms with Gasteiger partial charge in [0.05, 0.1) is 25.6 Å². The maximum absolute atomic E-state index is 12.5. The molecule has 13 heteroatoms. The van der Waals surface area contributed by atoms with E-state index in [0.29, 0.717) is 37.4 Å². The van der Waals surface area contributed by atoms with E-state index < -0.39 is 12.3 Å². The first-order valence-electron chi connectivity index (χ1n) is 12.3. The SMILES string of the molecule is CN(Cc1cccs1)C(=O)CN1CC2C(CNCc3cccc(OC(F)(F)F)c3)C2C1.O=C(O)c1cnc[nH]1. The number of alkyl halides is 3. The molecule has 0 spiro atoms. The minimum absolute atomic E-state index is 0.116. The zero-order valence-corrected chi connectivity index (χ0v) is 22.0. The Morgan fingerprint density at radius 1 is 1.26 bits per heavy atom. The van der Waals surface area contributed by atoms with Crippen molar-refractivity contribution in [2.75, 3.05) is 33.2 Å². The van der Waals surface area contributed by atoms with Crippen LogP contribution >= 0.6 is 11.3 Å². The summed E-state index contributed by atoms with van der Waals surface area (Å²) >= 11 is 1.66. The summed E-state index contributed by atoms with van der Waals surface area (Å²) in [6, 6.07) is 10.1. The van der Waals surface area contributed by atoms with Crippen LogP contribution in [0.2, 0.25) is 0 Å². The van der Waals surface area contributed by atoms with Crippen molar-refractivity contribution in [3.8, 4) is 5.75 Å². The molecule has 2 atom stereocenters. The van der Waals surface area contributed by atoms with Crippen molar-refractivity contribution >= 4 is 23.2 Å². The highest BCUT2D eigenvalue weighted by molar-refractivity contribution is 7.09. The Morgan fingerprint density at radius 2 is 2.03 bits per heavy atom. The van der Waals surface area contributed by atoms with Crippen LogP contribution in [-0.4, -0.2) is 76.3 Å². The number of nitrogens with zero attached hydrogens (tertiary/aromatic N) is 3. The van der Waals surface area contributed by atoms with Crippen LogP contribution in [0.15, 0.2) is 54.3 Å². The second kappa shape index (κ2) is 12.6. The van der Waals surface area contributed by atoms with Crippen LogP contribution in [0.5, 0.6) is 5.75 Å². The number of carbonyl (C=O) groups excluding carboxylic acids is 1. The minimum atomic E-state index is -4.68. The van der Waals surface area contributed by atoms with Crippen molar-refractivity contribution in [2.45, 2.75) is 19.5 Å². The van der Waals surface area contributed by atoms with Crippen LogP contribution in [0.3, 0.4) is 0 Å². The molecule has 3 N–H and O–H groups in total. The number of carboxylic acid groups (broad SMARTS) is 1. The second-order valence-corrected chi connectivity index (χ2v) is 10.6. The minimum Gasteiger partial charge on any atom is -0.477 e. The summed E-state index contributed by atoms with van der Waals surface area (Å²) in [6.07, 6.45) is -2.10. The van der Waals surface area contributed by atoms with E-state index in [0.717, 1.165) is 25.2 Å².